The smallest absolute Gasteiger partial charge is 0.137 e. The molecular formula is C26H26N4O2S. The Hall–Kier alpha value is -3.18. The molecule has 4 atom stereocenters. The second-order valence-corrected chi connectivity index (χ2v) is 10.6. The van der Waals surface area contributed by atoms with Gasteiger partial charge in [0.05, 0.1) is 28.7 Å². The fourth-order valence-electron chi connectivity index (χ4n) is 5.02. The standard InChI is InChI=1S/C26H26N4O2S/c1-28-33(32,19-15-13-18(17-27)14-16-19)29-22-9-6-12-25(26(22)31)30-23-10-4-2-7-20(23)21-8-3-5-11-24(21)30/h2-5,7-8,10-11,13-16,22,25-26,31H,6,9,12H2,1H3,(H,28,29,32). The molecule has 0 amide bonds. The molecule has 0 bridgehead atoms. The predicted octanol–water partition coefficient (Wildman–Crippen LogP) is 4.78. The fraction of sp³-hybridized carbons (Fsp3) is 0.269. The lowest BCUT2D eigenvalue weighted by molar-refractivity contribution is 0.0550. The Labute approximate surface area is 193 Å². The minimum Gasteiger partial charge on any atom is -0.389 e. The summed E-state index contributed by atoms with van der Waals surface area (Å²) in [7, 11) is -1.42. The summed E-state index contributed by atoms with van der Waals surface area (Å²) in [6, 6.07) is 24.7. The van der Waals surface area contributed by atoms with Crippen molar-refractivity contribution < 1.29 is 9.32 Å². The van der Waals surface area contributed by atoms with Crippen molar-refractivity contribution in [1.82, 2.24) is 9.29 Å². The maximum atomic E-state index is 13.7. The lowest BCUT2D eigenvalue weighted by atomic mass is 9.88. The van der Waals surface area contributed by atoms with Crippen molar-refractivity contribution in [3.05, 3.63) is 78.4 Å². The van der Waals surface area contributed by atoms with E-state index in [1.54, 1.807) is 24.3 Å². The third kappa shape index (κ3) is 3.70. The van der Waals surface area contributed by atoms with Gasteiger partial charge in [-0.15, -0.1) is 0 Å². The average Bonchev–Trinajstić information content (AvgIpc) is 3.20. The number of nitrogens with zero attached hydrogens (tertiary/aromatic N) is 3. The van der Waals surface area contributed by atoms with Crippen LogP contribution in [0.1, 0.15) is 30.9 Å². The van der Waals surface area contributed by atoms with Crippen LogP contribution in [0.4, 0.5) is 0 Å². The maximum Gasteiger partial charge on any atom is 0.137 e. The van der Waals surface area contributed by atoms with Crippen molar-refractivity contribution in [2.24, 2.45) is 4.36 Å². The van der Waals surface area contributed by atoms with Gasteiger partial charge in [-0.05, 0) is 55.7 Å². The Morgan fingerprint density at radius 1 is 1.00 bits per heavy atom. The maximum absolute atomic E-state index is 13.7. The van der Waals surface area contributed by atoms with Crippen LogP contribution in [0, 0.1) is 11.3 Å². The molecule has 168 valence electrons. The highest BCUT2D eigenvalue weighted by Crippen LogP contribution is 2.38. The number of nitrogens with one attached hydrogen (secondary N) is 1. The van der Waals surface area contributed by atoms with Gasteiger partial charge in [0.25, 0.3) is 0 Å². The van der Waals surface area contributed by atoms with Crippen molar-refractivity contribution in [2.45, 2.75) is 42.3 Å². The monoisotopic (exact) mass is 458 g/mol. The first-order chi connectivity index (χ1) is 16.1. The summed E-state index contributed by atoms with van der Waals surface area (Å²) in [4.78, 5) is 0.509. The van der Waals surface area contributed by atoms with Crippen LogP contribution in [0.15, 0.2) is 82.1 Å². The van der Waals surface area contributed by atoms with Crippen LogP contribution >= 0.6 is 0 Å². The summed E-state index contributed by atoms with van der Waals surface area (Å²) in [5, 5.41) is 22.9. The lowest BCUT2D eigenvalue weighted by Gasteiger charge is -2.37. The SMILES string of the molecule is CN=S(=O)(NC1CCCC(n2c3ccccc3c3ccccc32)C1O)c1ccc(C#N)cc1. The van der Waals surface area contributed by atoms with Gasteiger partial charge in [0, 0.05) is 34.9 Å². The molecule has 7 heteroatoms. The summed E-state index contributed by atoms with van der Waals surface area (Å²) in [5.74, 6) is 0. The van der Waals surface area contributed by atoms with E-state index in [1.807, 2.05) is 24.3 Å². The van der Waals surface area contributed by atoms with Gasteiger partial charge < -0.3 is 9.67 Å². The largest absolute Gasteiger partial charge is 0.389 e. The molecule has 0 saturated heterocycles. The third-order valence-electron chi connectivity index (χ3n) is 6.64. The number of aliphatic hydroxyl groups excluding tert-OH is 1. The van der Waals surface area contributed by atoms with Crippen molar-refractivity contribution in [3.8, 4) is 6.07 Å². The Bertz CT molecular complexity index is 1420. The van der Waals surface area contributed by atoms with Gasteiger partial charge in [-0.2, -0.15) is 5.26 Å². The van der Waals surface area contributed by atoms with Crippen LogP contribution in [0.2, 0.25) is 0 Å². The van der Waals surface area contributed by atoms with Crippen molar-refractivity contribution in [1.29, 1.82) is 5.26 Å². The summed E-state index contributed by atoms with van der Waals surface area (Å²) >= 11 is 0. The summed E-state index contributed by atoms with van der Waals surface area (Å²) in [6.07, 6.45) is 1.70. The summed E-state index contributed by atoms with van der Waals surface area (Å²) in [5.41, 5.74) is 2.69. The summed E-state index contributed by atoms with van der Waals surface area (Å²) < 4.78 is 23.3. The van der Waals surface area contributed by atoms with Crippen LogP contribution in [-0.2, 0) is 9.92 Å². The molecule has 0 spiro atoms. The van der Waals surface area contributed by atoms with Crippen LogP contribution in [-0.4, -0.2) is 33.1 Å². The molecule has 1 fully saturated rings. The highest BCUT2D eigenvalue weighted by Gasteiger charge is 2.36. The van der Waals surface area contributed by atoms with Crippen molar-refractivity contribution >= 4 is 31.7 Å². The van der Waals surface area contributed by atoms with Gasteiger partial charge in [-0.3, -0.25) is 0 Å². The molecule has 6 nitrogen and oxygen atoms in total. The topological polar surface area (TPSA) is 90.4 Å². The first-order valence-electron chi connectivity index (χ1n) is 11.1. The number of para-hydroxylation sites is 2. The molecule has 4 aromatic rings. The molecule has 1 heterocycles. The molecule has 3 aromatic carbocycles. The second kappa shape index (κ2) is 8.64. The lowest BCUT2D eigenvalue weighted by Crippen LogP contribution is -2.49. The Balaban J connectivity index is 1.52. The molecule has 33 heavy (non-hydrogen) atoms. The molecule has 1 saturated carbocycles. The van der Waals surface area contributed by atoms with E-state index in [0.29, 0.717) is 16.9 Å². The number of hydrogen-bond acceptors (Lipinski definition) is 4. The van der Waals surface area contributed by atoms with Gasteiger partial charge in [0.2, 0.25) is 0 Å². The van der Waals surface area contributed by atoms with E-state index in [1.165, 1.54) is 17.8 Å². The van der Waals surface area contributed by atoms with Crippen LogP contribution in [0.3, 0.4) is 0 Å². The average molecular weight is 459 g/mol. The zero-order chi connectivity index (χ0) is 23.0. The number of nitriles is 1. The van der Waals surface area contributed by atoms with E-state index in [9.17, 15) is 9.32 Å². The first-order valence-corrected chi connectivity index (χ1v) is 12.7. The molecule has 4 unspecified atom stereocenters. The molecule has 1 aliphatic rings. The molecular weight excluding hydrogens is 432 g/mol. The molecule has 1 aliphatic carbocycles. The van der Waals surface area contributed by atoms with Crippen LogP contribution < -0.4 is 4.72 Å². The minimum atomic E-state index is -2.94. The molecule has 0 aliphatic heterocycles. The number of fused-ring (bicyclic) bond motifs is 3. The van der Waals surface area contributed by atoms with E-state index < -0.39 is 16.0 Å². The normalized spacial score (nSPS) is 22.6. The molecule has 5 rings (SSSR count). The number of benzene rings is 3. The highest BCUT2D eigenvalue weighted by molar-refractivity contribution is 7.91. The fourth-order valence-corrected chi connectivity index (χ4v) is 6.65. The van der Waals surface area contributed by atoms with Gasteiger partial charge in [-0.1, -0.05) is 36.4 Å². The zero-order valence-corrected chi connectivity index (χ0v) is 19.2. The highest BCUT2D eigenvalue weighted by atomic mass is 32.2. The van der Waals surface area contributed by atoms with E-state index in [-0.39, 0.29) is 12.1 Å². The Morgan fingerprint density at radius 2 is 1.61 bits per heavy atom. The molecule has 2 N–H and O–H groups in total. The van der Waals surface area contributed by atoms with Gasteiger partial charge in [0.1, 0.15) is 9.92 Å². The van der Waals surface area contributed by atoms with E-state index in [4.69, 9.17) is 5.26 Å². The molecule has 0 radical (unpaired) electrons. The van der Waals surface area contributed by atoms with E-state index in [0.717, 1.165) is 23.9 Å². The van der Waals surface area contributed by atoms with Crippen molar-refractivity contribution in [2.75, 3.05) is 7.05 Å². The quantitative estimate of drug-likeness (QED) is 0.461. The zero-order valence-electron chi connectivity index (χ0n) is 18.4. The molecule has 1 aromatic heterocycles. The van der Waals surface area contributed by atoms with Gasteiger partial charge in [-0.25, -0.2) is 13.3 Å². The predicted molar refractivity (Wildman–Crippen MR) is 131 cm³/mol. The van der Waals surface area contributed by atoms with Gasteiger partial charge >= 0.3 is 0 Å². The van der Waals surface area contributed by atoms with Crippen molar-refractivity contribution in [3.63, 3.8) is 0 Å². The third-order valence-corrected chi connectivity index (χ3v) is 8.69. The Kier molecular flexibility index (Phi) is 5.67. The van der Waals surface area contributed by atoms with Crippen LogP contribution in [0.5, 0.6) is 0 Å². The second-order valence-electron chi connectivity index (χ2n) is 8.46. The number of rotatable bonds is 4. The minimum absolute atomic E-state index is 0.150. The first kappa shape index (κ1) is 21.7. The van der Waals surface area contributed by atoms with Gasteiger partial charge in [0.15, 0.2) is 0 Å². The summed E-state index contributed by atoms with van der Waals surface area (Å²) in [6.45, 7) is 0. The number of hydrogen-bond donors (Lipinski definition) is 2. The van der Waals surface area contributed by atoms with E-state index in [2.05, 4.69) is 44.0 Å². The van der Waals surface area contributed by atoms with Crippen LogP contribution in [0.25, 0.3) is 21.8 Å². The number of aromatic nitrogens is 1. The Morgan fingerprint density at radius 3 is 2.18 bits per heavy atom. The number of aliphatic hydroxyl groups is 1. The van der Waals surface area contributed by atoms with E-state index >= 15 is 0 Å².